The van der Waals surface area contributed by atoms with E-state index >= 15 is 0 Å². The molecule has 1 atom stereocenters. The van der Waals surface area contributed by atoms with Gasteiger partial charge in [0.15, 0.2) is 0 Å². The highest BCUT2D eigenvalue weighted by molar-refractivity contribution is 9.10. The van der Waals surface area contributed by atoms with Crippen LogP contribution in [0.1, 0.15) is 24.0 Å². The third-order valence-electron chi connectivity index (χ3n) is 3.96. The van der Waals surface area contributed by atoms with Gasteiger partial charge in [0.25, 0.3) is 0 Å². The van der Waals surface area contributed by atoms with Crippen LogP contribution in [-0.2, 0) is 0 Å². The maximum Gasteiger partial charge on any atom is 0.0444 e. The Bertz CT molecular complexity index is 760. The average Bonchev–Trinajstić information content (AvgIpc) is 2.56. The van der Waals surface area contributed by atoms with Gasteiger partial charge < -0.3 is 0 Å². The van der Waals surface area contributed by atoms with E-state index in [1.54, 1.807) is 0 Å². The molecule has 0 saturated heterocycles. The van der Waals surface area contributed by atoms with Crippen LogP contribution in [0.4, 0.5) is 0 Å². The SMILES string of the molecule is CC(c1ccc(-c2ccc(Br)cc2)cc1)c1ccccc1Cl. The van der Waals surface area contributed by atoms with Crippen LogP contribution < -0.4 is 0 Å². The molecule has 0 fully saturated rings. The van der Waals surface area contributed by atoms with Crippen molar-refractivity contribution in [2.75, 3.05) is 0 Å². The molecule has 3 aromatic carbocycles. The number of halogens is 2. The van der Waals surface area contributed by atoms with Gasteiger partial charge in [0.1, 0.15) is 0 Å². The Morgan fingerprint density at radius 3 is 1.91 bits per heavy atom. The molecule has 0 bridgehead atoms. The minimum absolute atomic E-state index is 0.285. The van der Waals surface area contributed by atoms with Crippen molar-refractivity contribution >= 4 is 27.5 Å². The van der Waals surface area contributed by atoms with Crippen LogP contribution in [0.3, 0.4) is 0 Å². The molecule has 0 heterocycles. The van der Waals surface area contributed by atoms with Crippen molar-refractivity contribution < 1.29 is 0 Å². The van der Waals surface area contributed by atoms with Crippen molar-refractivity contribution in [2.45, 2.75) is 12.8 Å². The maximum absolute atomic E-state index is 6.31. The van der Waals surface area contributed by atoms with Gasteiger partial charge in [-0.05, 0) is 40.5 Å². The molecule has 0 amide bonds. The minimum Gasteiger partial charge on any atom is -0.0840 e. The maximum atomic E-state index is 6.31. The highest BCUT2D eigenvalue weighted by Crippen LogP contribution is 2.31. The van der Waals surface area contributed by atoms with Crippen molar-refractivity contribution in [1.82, 2.24) is 0 Å². The Morgan fingerprint density at radius 1 is 0.773 bits per heavy atom. The molecule has 2 heteroatoms. The summed E-state index contributed by atoms with van der Waals surface area (Å²) in [5, 5.41) is 0.826. The molecule has 1 unspecified atom stereocenters. The van der Waals surface area contributed by atoms with Crippen molar-refractivity contribution in [3.63, 3.8) is 0 Å². The zero-order valence-corrected chi connectivity index (χ0v) is 14.6. The normalized spacial score (nSPS) is 12.1. The smallest absolute Gasteiger partial charge is 0.0444 e. The van der Waals surface area contributed by atoms with E-state index in [0.717, 1.165) is 9.50 Å². The largest absolute Gasteiger partial charge is 0.0840 e. The summed E-state index contributed by atoms with van der Waals surface area (Å²) in [5.41, 5.74) is 4.89. The van der Waals surface area contributed by atoms with E-state index in [0.29, 0.717) is 0 Å². The van der Waals surface area contributed by atoms with E-state index in [1.165, 1.54) is 22.3 Å². The van der Waals surface area contributed by atoms with E-state index < -0.39 is 0 Å². The molecule has 0 N–H and O–H groups in total. The summed E-state index contributed by atoms with van der Waals surface area (Å²) in [6.07, 6.45) is 0. The Balaban J connectivity index is 1.88. The van der Waals surface area contributed by atoms with Gasteiger partial charge in [0.2, 0.25) is 0 Å². The minimum atomic E-state index is 0.285. The highest BCUT2D eigenvalue weighted by Gasteiger charge is 2.11. The van der Waals surface area contributed by atoms with Gasteiger partial charge in [-0.1, -0.05) is 89.1 Å². The first kappa shape index (κ1) is 15.3. The molecule has 0 aliphatic heterocycles. The number of benzene rings is 3. The lowest BCUT2D eigenvalue weighted by Gasteiger charge is -2.14. The molecular formula is C20H16BrCl. The summed E-state index contributed by atoms with van der Waals surface area (Å²) in [6, 6.07) is 25.1. The molecule has 3 rings (SSSR count). The zero-order valence-electron chi connectivity index (χ0n) is 12.3. The molecule has 0 spiro atoms. The third kappa shape index (κ3) is 3.26. The first-order valence-electron chi connectivity index (χ1n) is 7.25. The first-order valence-corrected chi connectivity index (χ1v) is 8.42. The fraction of sp³-hybridized carbons (Fsp3) is 0.100. The summed E-state index contributed by atoms with van der Waals surface area (Å²) in [6.45, 7) is 2.19. The predicted molar refractivity (Wildman–Crippen MR) is 98.5 cm³/mol. The van der Waals surface area contributed by atoms with Crippen LogP contribution in [-0.4, -0.2) is 0 Å². The fourth-order valence-corrected chi connectivity index (χ4v) is 3.18. The molecule has 22 heavy (non-hydrogen) atoms. The molecule has 0 aliphatic carbocycles. The monoisotopic (exact) mass is 370 g/mol. The summed E-state index contributed by atoms with van der Waals surface area (Å²) in [7, 11) is 0. The van der Waals surface area contributed by atoms with Gasteiger partial charge in [0.05, 0.1) is 0 Å². The van der Waals surface area contributed by atoms with Crippen molar-refractivity contribution in [1.29, 1.82) is 0 Å². The van der Waals surface area contributed by atoms with E-state index in [4.69, 9.17) is 11.6 Å². The Hall–Kier alpha value is -1.57. The fourth-order valence-electron chi connectivity index (χ4n) is 2.61. The van der Waals surface area contributed by atoms with E-state index in [1.807, 2.05) is 18.2 Å². The molecule has 3 aromatic rings. The Kier molecular flexibility index (Phi) is 4.66. The van der Waals surface area contributed by atoms with Crippen LogP contribution in [0.2, 0.25) is 5.02 Å². The lowest BCUT2D eigenvalue weighted by Crippen LogP contribution is -1.96. The standard InChI is InChI=1S/C20H16BrCl/c1-14(19-4-2-3-5-20(19)22)15-6-8-16(9-7-15)17-10-12-18(21)13-11-17/h2-14H,1H3. The molecule has 0 saturated carbocycles. The van der Waals surface area contributed by atoms with Crippen LogP contribution >= 0.6 is 27.5 Å². The quantitative estimate of drug-likeness (QED) is 0.468. The number of rotatable bonds is 3. The number of hydrogen-bond donors (Lipinski definition) is 0. The summed E-state index contributed by atoms with van der Waals surface area (Å²) >= 11 is 9.78. The molecule has 0 aliphatic rings. The van der Waals surface area contributed by atoms with Gasteiger partial charge in [-0.25, -0.2) is 0 Å². The van der Waals surface area contributed by atoms with Gasteiger partial charge in [0, 0.05) is 15.4 Å². The van der Waals surface area contributed by atoms with Crippen molar-refractivity contribution in [3.8, 4) is 11.1 Å². The van der Waals surface area contributed by atoms with Gasteiger partial charge in [-0.15, -0.1) is 0 Å². The third-order valence-corrected chi connectivity index (χ3v) is 4.83. The lowest BCUT2D eigenvalue weighted by molar-refractivity contribution is 0.923. The highest BCUT2D eigenvalue weighted by atomic mass is 79.9. The summed E-state index contributed by atoms with van der Waals surface area (Å²) < 4.78 is 1.10. The lowest BCUT2D eigenvalue weighted by atomic mass is 9.92. The van der Waals surface area contributed by atoms with Gasteiger partial charge >= 0.3 is 0 Å². The van der Waals surface area contributed by atoms with Crippen molar-refractivity contribution in [2.24, 2.45) is 0 Å². The second-order valence-electron chi connectivity index (χ2n) is 5.37. The van der Waals surface area contributed by atoms with Gasteiger partial charge in [-0.2, -0.15) is 0 Å². The second kappa shape index (κ2) is 6.68. The number of hydrogen-bond acceptors (Lipinski definition) is 0. The van der Waals surface area contributed by atoms with E-state index in [2.05, 4.69) is 77.5 Å². The molecule has 0 nitrogen and oxygen atoms in total. The van der Waals surface area contributed by atoms with E-state index in [9.17, 15) is 0 Å². The van der Waals surface area contributed by atoms with E-state index in [-0.39, 0.29) is 5.92 Å². The van der Waals surface area contributed by atoms with Crippen LogP contribution in [0.5, 0.6) is 0 Å². The zero-order chi connectivity index (χ0) is 15.5. The predicted octanol–water partition coefficient (Wildman–Crippen LogP) is 6.92. The average molecular weight is 372 g/mol. The Labute approximate surface area is 144 Å². The van der Waals surface area contributed by atoms with Gasteiger partial charge in [-0.3, -0.25) is 0 Å². The van der Waals surface area contributed by atoms with Crippen molar-refractivity contribution in [3.05, 3.63) is 93.4 Å². The molecule has 0 radical (unpaired) electrons. The molecular weight excluding hydrogens is 356 g/mol. The molecule has 110 valence electrons. The summed E-state index contributed by atoms with van der Waals surface area (Å²) in [5.74, 6) is 0.285. The first-order chi connectivity index (χ1) is 10.6. The van der Waals surface area contributed by atoms with Crippen LogP contribution in [0, 0.1) is 0 Å². The summed E-state index contributed by atoms with van der Waals surface area (Å²) in [4.78, 5) is 0. The topological polar surface area (TPSA) is 0 Å². The second-order valence-corrected chi connectivity index (χ2v) is 6.69. The Morgan fingerprint density at radius 2 is 1.32 bits per heavy atom. The van der Waals surface area contributed by atoms with Crippen LogP contribution in [0.25, 0.3) is 11.1 Å². The molecule has 0 aromatic heterocycles. The van der Waals surface area contributed by atoms with Crippen LogP contribution in [0.15, 0.2) is 77.3 Å².